The average molecular weight is 373 g/mol. The summed E-state index contributed by atoms with van der Waals surface area (Å²) in [6.07, 6.45) is -0.0494. The number of hydrogen-bond donors (Lipinski definition) is 1. The third-order valence-corrected chi connectivity index (χ3v) is 4.00. The van der Waals surface area contributed by atoms with Crippen LogP contribution in [-0.2, 0) is 4.74 Å². The van der Waals surface area contributed by atoms with Crippen LogP contribution < -0.4 is 5.32 Å². The highest BCUT2D eigenvalue weighted by molar-refractivity contribution is 9.10. The zero-order chi connectivity index (χ0) is 16.1. The smallest absolute Gasteiger partial charge is 0.254 e. The van der Waals surface area contributed by atoms with E-state index in [-0.39, 0.29) is 11.7 Å². The van der Waals surface area contributed by atoms with Crippen molar-refractivity contribution in [1.29, 1.82) is 0 Å². The molecule has 0 aromatic heterocycles. The van der Waals surface area contributed by atoms with Gasteiger partial charge in [0.2, 0.25) is 0 Å². The first-order valence-electron chi connectivity index (χ1n) is 7.53. The Balaban J connectivity index is 1.86. The molecule has 0 unspecified atom stereocenters. The van der Waals surface area contributed by atoms with Gasteiger partial charge >= 0.3 is 0 Å². The van der Waals surface area contributed by atoms with Crippen molar-refractivity contribution in [2.75, 3.05) is 32.8 Å². The van der Waals surface area contributed by atoms with Gasteiger partial charge in [-0.25, -0.2) is 4.39 Å². The number of morpholine rings is 1. The Bertz CT molecular complexity index is 525. The lowest BCUT2D eigenvalue weighted by Crippen LogP contribution is -2.48. The molecule has 1 aromatic rings. The van der Waals surface area contributed by atoms with Crippen molar-refractivity contribution in [3.05, 3.63) is 34.1 Å². The first kappa shape index (κ1) is 17.4. The Morgan fingerprint density at radius 2 is 2.32 bits per heavy atom. The minimum atomic E-state index is -0.522. The Hall–Kier alpha value is -0.980. The number of benzene rings is 1. The van der Waals surface area contributed by atoms with Crippen molar-refractivity contribution in [1.82, 2.24) is 10.2 Å². The fourth-order valence-electron chi connectivity index (χ4n) is 2.56. The molecular formula is C16H22BrFN2O2. The molecule has 1 saturated heterocycles. The van der Waals surface area contributed by atoms with Crippen molar-refractivity contribution >= 4 is 21.8 Å². The van der Waals surface area contributed by atoms with E-state index >= 15 is 0 Å². The van der Waals surface area contributed by atoms with Gasteiger partial charge in [-0.3, -0.25) is 9.69 Å². The predicted octanol–water partition coefficient (Wildman–Crippen LogP) is 2.67. The quantitative estimate of drug-likeness (QED) is 0.863. The second-order valence-electron chi connectivity index (χ2n) is 5.98. The Morgan fingerprint density at radius 3 is 3.05 bits per heavy atom. The predicted molar refractivity (Wildman–Crippen MR) is 87.5 cm³/mol. The van der Waals surface area contributed by atoms with Crippen molar-refractivity contribution in [2.24, 2.45) is 5.92 Å². The van der Waals surface area contributed by atoms with Gasteiger partial charge in [0, 0.05) is 30.7 Å². The van der Waals surface area contributed by atoms with Crippen LogP contribution in [0.5, 0.6) is 0 Å². The molecule has 0 aliphatic carbocycles. The first-order valence-corrected chi connectivity index (χ1v) is 8.32. The lowest BCUT2D eigenvalue weighted by atomic mass is 10.1. The summed E-state index contributed by atoms with van der Waals surface area (Å²) in [6, 6.07) is 4.33. The Kier molecular flexibility index (Phi) is 6.35. The van der Waals surface area contributed by atoms with Crippen molar-refractivity contribution in [3.8, 4) is 0 Å². The summed E-state index contributed by atoms with van der Waals surface area (Å²) in [5.74, 6) is -0.334. The molecule has 22 heavy (non-hydrogen) atoms. The molecule has 1 fully saturated rings. The number of halogens is 2. The lowest BCUT2D eigenvalue weighted by molar-refractivity contribution is -0.0295. The van der Waals surface area contributed by atoms with Gasteiger partial charge in [-0.05, 0) is 24.1 Å². The van der Waals surface area contributed by atoms with Crippen LogP contribution in [0.4, 0.5) is 4.39 Å². The molecule has 1 heterocycles. The zero-order valence-corrected chi connectivity index (χ0v) is 14.5. The lowest BCUT2D eigenvalue weighted by Gasteiger charge is -2.33. The van der Waals surface area contributed by atoms with E-state index in [9.17, 15) is 9.18 Å². The van der Waals surface area contributed by atoms with E-state index in [0.717, 1.165) is 19.6 Å². The van der Waals surface area contributed by atoms with E-state index in [4.69, 9.17) is 4.74 Å². The van der Waals surface area contributed by atoms with Crippen LogP contribution in [0.2, 0.25) is 0 Å². The third-order valence-electron chi connectivity index (χ3n) is 3.51. The van der Waals surface area contributed by atoms with Crippen molar-refractivity contribution < 1.29 is 13.9 Å². The molecule has 0 radical (unpaired) electrons. The van der Waals surface area contributed by atoms with Gasteiger partial charge in [-0.2, -0.15) is 0 Å². The van der Waals surface area contributed by atoms with Gasteiger partial charge in [-0.1, -0.05) is 29.8 Å². The number of ether oxygens (including phenoxy) is 1. The Labute approximate surface area is 139 Å². The molecule has 1 aliphatic rings. The minimum absolute atomic E-state index is 0.0456. The molecule has 2 rings (SSSR count). The van der Waals surface area contributed by atoms with Crippen LogP contribution in [0.15, 0.2) is 22.7 Å². The van der Waals surface area contributed by atoms with Crippen LogP contribution in [0.1, 0.15) is 24.2 Å². The second kappa shape index (κ2) is 8.04. The second-order valence-corrected chi connectivity index (χ2v) is 6.90. The molecular weight excluding hydrogens is 351 g/mol. The normalized spacial score (nSPS) is 19.4. The maximum Gasteiger partial charge on any atom is 0.254 e. The van der Waals surface area contributed by atoms with Gasteiger partial charge in [0.25, 0.3) is 5.91 Å². The van der Waals surface area contributed by atoms with E-state index in [1.807, 2.05) is 0 Å². The highest BCUT2D eigenvalue weighted by Gasteiger charge is 2.22. The van der Waals surface area contributed by atoms with E-state index in [1.54, 1.807) is 6.07 Å². The van der Waals surface area contributed by atoms with Gasteiger partial charge in [-0.15, -0.1) is 0 Å². The first-order chi connectivity index (χ1) is 10.5. The zero-order valence-electron chi connectivity index (χ0n) is 12.9. The van der Waals surface area contributed by atoms with E-state index < -0.39 is 11.7 Å². The summed E-state index contributed by atoms with van der Waals surface area (Å²) >= 11 is 3.24. The molecule has 122 valence electrons. The summed E-state index contributed by atoms with van der Waals surface area (Å²) < 4.78 is 20.0. The largest absolute Gasteiger partial charge is 0.374 e. The number of nitrogens with zero attached hydrogens (tertiary/aromatic N) is 1. The molecule has 1 aliphatic heterocycles. The average Bonchev–Trinajstić information content (AvgIpc) is 2.47. The van der Waals surface area contributed by atoms with Crippen molar-refractivity contribution in [3.63, 3.8) is 0 Å². The van der Waals surface area contributed by atoms with Gasteiger partial charge in [0.05, 0.1) is 18.3 Å². The number of hydrogen-bond acceptors (Lipinski definition) is 3. The molecule has 6 heteroatoms. The topological polar surface area (TPSA) is 41.6 Å². The summed E-state index contributed by atoms with van der Waals surface area (Å²) in [7, 11) is 0. The number of carbonyl (C=O) groups excluding carboxylic acids is 1. The molecule has 4 nitrogen and oxygen atoms in total. The summed E-state index contributed by atoms with van der Waals surface area (Å²) in [5.41, 5.74) is 0.0456. The fourth-order valence-corrected chi connectivity index (χ4v) is 2.92. The maximum absolute atomic E-state index is 13.7. The third kappa shape index (κ3) is 5.04. The van der Waals surface area contributed by atoms with Crippen LogP contribution in [0.25, 0.3) is 0 Å². The number of rotatable bonds is 5. The molecule has 0 spiro atoms. The van der Waals surface area contributed by atoms with Gasteiger partial charge in [0.1, 0.15) is 5.82 Å². The SMILES string of the molecule is CC(C)CN1CCO[C@H](CNC(=O)c2cc(Br)ccc2F)C1. The molecule has 0 saturated carbocycles. The molecule has 1 amide bonds. The van der Waals surface area contributed by atoms with E-state index in [1.165, 1.54) is 12.1 Å². The van der Waals surface area contributed by atoms with Crippen LogP contribution in [0.3, 0.4) is 0 Å². The highest BCUT2D eigenvalue weighted by Crippen LogP contribution is 2.15. The summed E-state index contributed by atoms with van der Waals surface area (Å²) in [6.45, 7) is 8.15. The summed E-state index contributed by atoms with van der Waals surface area (Å²) in [5, 5.41) is 2.76. The molecule has 1 aromatic carbocycles. The fraction of sp³-hybridized carbons (Fsp3) is 0.562. The highest BCUT2D eigenvalue weighted by atomic mass is 79.9. The Morgan fingerprint density at radius 1 is 1.55 bits per heavy atom. The number of carbonyl (C=O) groups is 1. The monoisotopic (exact) mass is 372 g/mol. The van der Waals surface area contributed by atoms with Gasteiger partial charge in [0.15, 0.2) is 0 Å². The maximum atomic E-state index is 13.7. The summed E-state index contributed by atoms with van der Waals surface area (Å²) in [4.78, 5) is 14.4. The van der Waals surface area contributed by atoms with E-state index in [2.05, 4.69) is 40.0 Å². The molecule has 1 N–H and O–H groups in total. The number of nitrogens with one attached hydrogen (secondary N) is 1. The molecule has 1 atom stereocenters. The minimum Gasteiger partial charge on any atom is -0.374 e. The number of amides is 1. The standard InChI is InChI=1S/C16H22BrFN2O2/c1-11(2)9-20-5-6-22-13(10-20)8-19-16(21)14-7-12(17)3-4-15(14)18/h3-4,7,11,13H,5-6,8-10H2,1-2H3,(H,19,21)/t13-/m1/s1. The van der Waals surface area contributed by atoms with Crippen molar-refractivity contribution in [2.45, 2.75) is 20.0 Å². The van der Waals surface area contributed by atoms with Crippen LogP contribution in [0, 0.1) is 11.7 Å². The van der Waals surface area contributed by atoms with E-state index in [0.29, 0.717) is 23.5 Å². The van der Waals surface area contributed by atoms with Crippen LogP contribution >= 0.6 is 15.9 Å². The molecule has 0 bridgehead atoms. The van der Waals surface area contributed by atoms with Gasteiger partial charge < -0.3 is 10.1 Å². The van der Waals surface area contributed by atoms with Crippen LogP contribution in [-0.4, -0.2) is 49.7 Å².